The molecule has 94 valence electrons. The van der Waals surface area contributed by atoms with Gasteiger partial charge in [0.2, 0.25) is 5.88 Å². The van der Waals surface area contributed by atoms with Crippen LogP contribution in [-0.4, -0.2) is 24.7 Å². The maximum atomic E-state index is 12.1. The molecule has 17 heavy (non-hydrogen) atoms. The number of nitrogens with zero attached hydrogens (tertiary/aromatic N) is 1. The summed E-state index contributed by atoms with van der Waals surface area (Å²) in [7, 11) is 1.29. The second-order valence-electron chi connectivity index (χ2n) is 2.84. The molecule has 0 aliphatic rings. The van der Waals surface area contributed by atoms with Crippen LogP contribution in [0.3, 0.4) is 0 Å². The van der Waals surface area contributed by atoms with E-state index in [2.05, 4.69) is 25.7 Å². The maximum absolute atomic E-state index is 12.1. The molecule has 0 atom stereocenters. The lowest BCUT2D eigenvalue weighted by atomic mass is 10.2. The van der Waals surface area contributed by atoms with Gasteiger partial charge in [-0.15, -0.1) is 13.2 Å². The van der Waals surface area contributed by atoms with Gasteiger partial charge in [0.25, 0.3) is 0 Å². The van der Waals surface area contributed by atoms with Crippen molar-refractivity contribution >= 4 is 22.2 Å². The molecule has 0 unspecified atom stereocenters. The number of halogens is 4. The first-order valence-corrected chi connectivity index (χ1v) is 5.38. The van der Waals surface area contributed by atoms with Gasteiger partial charge in [0.1, 0.15) is 5.69 Å². The Kier molecular flexibility index (Phi) is 4.33. The Morgan fingerprint density at radius 2 is 2.18 bits per heavy atom. The normalized spacial score (nSPS) is 11.1. The molecule has 8 heteroatoms. The van der Waals surface area contributed by atoms with Crippen LogP contribution in [0.25, 0.3) is 0 Å². The smallest absolute Gasteiger partial charge is 0.481 e. The lowest BCUT2D eigenvalue weighted by molar-refractivity contribution is -0.275. The van der Waals surface area contributed by atoms with Gasteiger partial charge in [-0.2, -0.15) is 0 Å². The first kappa shape index (κ1) is 13.8. The van der Waals surface area contributed by atoms with Crippen LogP contribution in [0, 0.1) is 0 Å². The molecule has 1 rings (SSSR count). The van der Waals surface area contributed by atoms with E-state index in [1.165, 1.54) is 13.2 Å². The molecule has 4 nitrogen and oxygen atoms in total. The fraction of sp³-hybridized carbons (Fsp3) is 0.333. The van der Waals surface area contributed by atoms with Gasteiger partial charge >= 0.3 is 6.36 Å². The third-order valence-electron chi connectivity index (χ3n) is 1.74. The summed E-state index contributed by atoms with van der Waals surface area (Å²) < 4.78 is 45.0. The SMILES string of the molecule is COc1cc(CBr)c(OC(F)(F)F)c(C=O)n1. The Morgan fingerprint density at radius 3 is 2.59 bits per heavy atom. The van der Waals surface area contributed by atoms with E-state index in [0.717, 1.165) is 0 Å². The van der Waals surface area contributed by atoms with E-state index in [9.17, 15) is 18.0 Å². The van der Waals surface area contributed by atoms with Crippen molar-refractivity contribution in [3.63, 3.8) is 0 Å². The third-order valence-corrected chi connectivity index (χ3v) is 2.34. The summed E-state index contributed by atoms with van der Waals surface area (Å²) in [5.74, 6) is -0.582. The van der Waals surface area contributed by atoms with Crippen LogP contribution in [0.15, 0.2) is 6.07 Å². The summed E-state index contributed by atoms with van der Waals surface area (Å²) in [4.78, 5) is 14.2. The number of aldehydes is 1. The molecule has 1 aromatic rings. The zero-order valence-electron chi connectivity index (χ0n) is 8.55. The minimum absolute atomic E-state index is 0.0380. The van der Waals surface area contributed by atoms with E-state index in [1.807, 2.05) is 0 Å². The molecule has 0 fully saturated rings. The average molecular weight is 314 g/mol. The van der Waals surface area contributed by atoms with Gasteiger partial charge in [0.05, 0.1) is 7.11 Å². The van der Waals surface area contributed by atoms with Gasteiger partial charge in [-0.25, -0.2) is 4.98 Å². The number of pyridine rings is 1. The Hall–Kier alpha value is -1.31. The molecule has 0 saturated heterocycles. The second kappa shape index (κ2) is 5.35. The van der Waals surface area contributed by atoms with Crippen molar-refractivity contribution in [3.05, 3.63) is 17.3 Å². The van der Waals surface area contributed by atoms with Crippen LogP contribution in [0.1, 0.15) is 16.1 Å². The van der Waals surface area contributed by atoms with E-state index in [0.29, 0.717) is 0 Å². The van der Waals surface area contributed by atoms with Gasteiger partial charge in [-0.05, 0) is 0 Å². The molecular formula is C9H7BrF3NO3. The lowest BCUT2D eigenvalue weighted by Crippen LogP contribution is -2.19. The Labute approximate surface area is 103 Å². The summed E-state index contributed by atoms with van der Waals surface area (Å²) >= 11 is 3.00. The number of carbonyl (C=O) groups excluding carboxylic acids is 1. The molecule has 0 spiro atoms. The number of hydrogen-bond acceptors (Lipinski definition) is 4. The molecule has 0 amide bonds. The quantitative estimate of drug-likeness (QED) is 0.633. The molecule has 0 aliphatic carbocycles. The molecule has 0 aliphatic heterocycles. The largest absolute Gasteiger partial charge is 0.573 e. The number of alkyl halides is 4. The van der Waals surface area contributed by atoms with Crippen molar-refractivity contribution in [3.8, 4) is 11.6 Å². The first-order chi connectivity index (χ1) is 7.91. The standard InChI is InChI=1S/C9H7BrF3NO3/c1-16-7-2-5(3-10)8(6(4-15)14-7)17-9(11,12)13/h2,4H,3H2,1H3. The van der Waals surface area contributed by atoms with Gasteiger partial charge in [-0.1, -0.05) is 15.9 Å². The Morgan fingerprint density at radius 1 is 1.53 bits per heavy atom. The molecule has 1 heterocycles. The van der Waals surface area contributed by atoms with Crippen LogP contribution < -0.4 is 9.47 Å². The summed E-state index contributed by atoms with van der Waals surface area (Å²) in [6, 6.07) is 1.25. The summed E-state index contributed by atoms with van der Waals surface area (Å²) in [5, 5.41) is 0.0676. The molecule has 0 N–H and O–H groups in total. The van der Waals surface area contributed by atoms with E-state index in [1.54, 1.807) is 0 Å². The predicted molar refractivity (Wildman–Crippen MR) is 55.5 cm³/mol. The first-order valence-electron chi connectivity index (χ1n) is 4.26. The van der Waals surface area contributed by atoms with Crippen molar-refractivity contribution in [2.24, 2.45) is 0 Å². The highest BCUT2D eigenvalue weighted by atomic mass is 79.9. The van der Waals surface area contributed by atoms with Crippen molar-refractivity contribution in [2.45, 2.75) is 11.7 Å². The number of hydrogen-bond donors (Lipinski definition) is 0. The molecule has 1 aromatic heterocycles. The highest BCUT2D eigenvalue weighted by molar-refractivity contribution is 9.08. The number of rotatable bonds is 4. The topological polar surface area (TPSA) is 48.4 Å². The number of ether oxygens (including phenoxy) is 2. The van der Waals surface area contributed by atoms with Gasteiger partial charge in [0.15, 0.2) is 12.0 Å². The number of carbonyl (C=O) groups is 1. The molecule has 0 bridgehead atoms. The average Bonchev–Trinajstić information content (AvgIpc) is 2.27. The van der Waals surface area contributed by atoms with Crippen LogP contribution >= 0.6 is 15.9 Å². The molecular weight excluding hydrogens is 307 g/mol. The maximum Gasteiger partial charge on any atom is 0.573 e. The minimum Gasteiger partial charge on any atom is -0.481 e. The van der Waals surface area contributed by atoms with E-state index in [-0.39, 0.29) is 23.1 Å². The van der Waals surface area contributed by atoms with Crippen molar-refractivity contribution in [1.29, 1.82) is 0 Å². The zero-order valence-corrected chi connectivity index (χ0v) is 10.1. The number of methoxy groups -OCH3 is 1. The van der Waals surface area contributed by atoms with Crippen molar-refractivity contribution in [1.82, 2.24) is 4.98 Å². The monoisotopic (exact) mass is 313 g/mol. The van der Waals surface area contributed by atoms with Crippen LogP contribution in [0.2, 0.25) is 0 Å². The van der Waals surface area contributed by atoms with Crippen LogP contribution in [0.5, 0.6) is 11.6 Å². The minimum atomic E-state index is -4.88. The predicted octanol–water partition coefficient (Wildman–Crippen LogP) is 2.70. The highest BCUT2D eigenvalue weighted by Gasteiger charge is 2.33. The van der Waals surface area contributed by atoms with Crippen molar-refractivity contribution < 1.29 is 27.4 Å². The van der Waals surface area contributed by atoms with Gasteiger partial charge < -0.3 is 9.47 Å². The van der Waals surface area contributed by atoms with Crippen LogP contribution in [-0.2, 0) is 5.33 Å². The van der Waals surface area contributed by atoms with E-state index in [4.69, 9.17) is 4.74 Å². The Balaban J connectivity index is 3.29. The lowest BCUT2D eigenvalue weighted by Gasteiger charge is -2.14. The molecule has 0 saturated carbocycles. The summed E-state index contributed by atoms with van der Waals surface area (Å²) in [6.07, 6.45) is -4.71. The van der Waals surface area contributed by atoms with Crippen LogP contribution in [0.4, 0.5) is 13.2 Å². The third kappa shape index (κ3) is 3.58. The van der Waals surface area contributed by atoms with Crippen molar-refractivity contribution in [2.75, 3.05) is 7.11 Å². The Bertz CT molecular complexity index is 423. The molecule has 0 aromatic carbocycles. The zero-order chi connectivity index (χ0) is 13.1. The van der Waals surface area contributed by atoms with Gasteiger partial charge in [-0.3, -0.25) is 4.79 Å². The summed E-state index contributed by atoms with van der Waals surface area (Å²) in [6.45, 7) is 0. The fourth-order valence-corrected chi connectivity index (χ4v) is 1.51. The van der Waals surface area contributed by atoms with E-state index < -0.39 is 17.8 Å². The molecule has 0 radical (unpaired) electrons. The second-order valence-corrected chi connectivity index (χ2v) is 3.40. The highest BCUT2D eigenvalue weighted by Crippen LogP contribution is 2.32. The number of aromatic nitrogens is 1. The van der Waals surface area contributed by atoms with E-state index >= 15 is 0 Å². The van der Waals surface area contributed by atoms with Gasteiger partial charge in [0, 0.05) is 17.0 Å². The summed E-state index contributed by atoms with van der Waals surface area (Å²) in [5.41, 5.74) is -0.340. The fourth-order valence-electron chi connectivity index (χ4n) is 1.10.